The van der Waals surface area contributed by atoms with Crippen LogP contribution in [0, 0.1) is 10.1 Å². The normalized spacial score (nSPS) is 9.31. The smallest absolute Gasteiger partial charge is 0.269 e. The highest BCUT2D eigenvalue weighted by Gasteiger charge is 2.05. The van der Waals surface area contributed by atoms with Crippen molar-refractivity contribution < 1.29 is 9.66 Å². The zero-order valence-corrected chi connectivity index (χ0v) is 7.71. The molecule has 5 heteroatoms. The molecule has 0 fully saturated rings. The van der Waals surface area contributed by atoms with Gasteiger partial charge in [0.25, 0.3) is 5.69 Å². The Bertz CT molecular complexity index is 334. The number of benzene rings is 1. The topological polar surface area (TPSA) is 52.4 Å². The fourth-order valence-electron chi connectivity index (χ4n) is 0.837. The first kappa shape index (κ1) is 9.60. The average molecular weight is 197 g/mol. The molecule has 0 spiro atoms. The van der Waals surface area contributed by atoms with Crippen LogP contribution in [0.15, 0.2) is 24.3 Å². The molecule has 0 bridgehead atoms. The second-order valence-electron chi connectivity index (χ2n) is 2.30. The molecule has 13 heavy (non-hydrogen) atoms. The number of thiocarbonyl (C=S) groups is 1. The molecule has 0 radical (unpaired) electrons. The van der Waals surface area contributed by atoms with Gasteiger partial charge in [-0.3, -0.25) is 10.1 Å². The summed E-state index contributed by atoms with van der Waals surface area (Å²) in [7, 11) is 1.46. The van der Waals surface area contributed by atoms with Crippen molar-refractivity contribution in [3.8, 4) is 0 Å². The first-order valence-corrected chi connectivity index (χ1v) is 3.88. The zero-order valence-electron chi connectivity index (χ0n) is 6.89. The molecule has 0 N–H and O–H groups in total. The van der Waals surface area contributed by atoms with E-state index in [1.165, 1.54) is 19.2 Å². The third kappa shape index (κ3) is 2.22. The van der Waals surface area contributed by atoms with E-state index in [-0.39, 0.29) is 5.69 Å². The van der Waals surface area contributed by atoms with Gasteiger partial charge in [-0.2, -0.15) is 0 Å². The summed E-state index contributed by atoms with van der Waals surface area (Å²) < 4.78 is 4.80. The van der Waals surface area contributed by atoms with E-state index in [2.05, 4.69) is 0 Å². The lowest BCUT2D eigenvalue weighted by Gasteiger charge is -2.00. The van der Waals surface area contributed by atoms with Crippen LogP contribution < -0.4 is 0 Å². The van der Waals surface area contributed by atoms with Crippen LogP contribution in [0.5, 0.6) is 0 Å². The van der Waals surface area contributed by atoms with Crippen LogP contribution in [-0.4, -0.2) is 17.1 Å². The lowest BCUT2D eigenvalue weighted by atomic mass is 10.2. The van der Waals surface area contributed by atoms with Gasteiger partial charge in [0.2, 0.25) is 0 Å². The number of nitro benzene ring substituents is 1. The Balaban J connectivity index is 2.93. The number of hydrogen-bond donors (Lipinski definition) is 0. The highest BCUT2D eigenvalue weighted by atomic mass is 32.1. The molecule has 1 rings (SSSR count). The maximum absolute atomic E-state index is 10.3. The zero-order chi connectivity index (χ0) is 9.84. The van der Waals surface area contributed by atoms with Gasteiger partial charge in [-0.15, -0.1) is 0 Å². The van der Waals surface area contributed by atoms with Gasteiger partial charge in [0.05, 0.1) is 12.0 Å². The molecule has 0 aliphatic rings. The van der Waals surface area contributed by atoms with Gasteiger partial charge < -0.3 is 4.74 Å². The van der Waals surface area contributed by atoms with Gasteiger partial charge in [0, 0.05) is 17.7 Å². The Morgan fingerprint density at radius 3 is 2.38 bits per heavy atom. The van der Waals surface area contributed by atoms with E-state index in [4.69, 9.17) is 17.0 Å². The van der Waals surface area contributed by atoms with Gasteiger partial charge in [-0.1, -0.05) is 0 Å². The molecule has 0 aliphatic heterocycles. The number of nitrogens with zero attached hydrogens (tertiary/aromatic N) is 1. The van der Waals surface area contributed by atoms with Crippen molar-refractivity contribution in [2.24, 2.45) is 0 Å². The average Bonchev–Trinajstić information content (AvgIpc) is 2.17. The molecule has 0 amide bonds. The Morgan fingerprint density at radius 1 is 1.46 bits per heavy atom. The van der Waals surface area contributed by atoms with Crippen LogP contribution in [0.3, 0.4) is 0 Å². The Kier molecular flexibility index (Phi) is 2.92. The van der Waals surface area contributed by atoms with E-state index in [0.717, 1.165) is 0 Å². The van der Waals surface area contributed by atoms with E-state index >= 15 is 0 Å². The first-order valence-electron chi connectivity index (χ1n) is 3.48. The lowest BCUT2D eigenvalue weighted by molar-refractivity contribution is -0.384. The van der Waals surface area contributed by atoms with Crippen LogP contribution in [0.4, 0.5) is 5.69 Å². The molecule has 68 valence electrons. The summed E-state index contributed by atoms with van der Waals surface area (Å²) in [6.45, 7) is 0. The predicted molar refractivity (Wildman–Crippen MR) is 51.8 cm³/mol. The first-order chi connectivity index (χ1) is 6.15. The standard InChI is InChI=1S/C8H7NO3S/c1-12-8(13)6-2-4-7(5-3-6)9(10)11/h2-5H,1H3. The minimum Gasteiger partial charge on any atom is -0.486 e. The monoisotopic (exact) mass is 197 g/mol. The maximum atomic E-state index is 10.3. The number of rotatable bonds is 2. The predicted octanol–water partition coefficient (Wildman–Crippen LogP) is 1.92. The largest absolute Gasteiger partial charge is 0.486 e. The summed E-state index contributed by atoms with van der Waals surface area (Å²) in [5.74, 6) is 0. The van der Waals surface area contributed by atoms with Crippen molar-refractivity contribution in [2.75, 3.05) is 7.11 Å². The Morgan fingerprint density at radius 2 is 2.00 bits per heavy atom. The molecule has 0 saturated carbocycles. The number of nitro groups is 1. The van der Waals surface area contributed by atoms with Crippen LogP contribution in [0.2, 0.25) is 0 Å². The van der Waals surface area contributed by atoms with Crippen molar-refractivity contribution in [3.05, 3.63) is 39.9 Å². The van der Waals surface area contributed by atoms with Crippen molar-refractivity contribution in [2.45, 2.75) is 0 Å². The van der Waals surface area contributed by atoms with E-state index in [0.29, 0.717) is 10.6 Å². The quantitative estimate of drug-likeness (QED) is 0.413. The third-order valence-corrected chi connectivity index (χ3v) is 1.90. The summed E-state index contributed by atoms with van der Waals surface area (Å²) in [6.07, 6.45) is 0. The number of hydrogen-bond acceptors (Lipinski definition) is 4. The number of non-ortho nitro benzene ring substituents is 1. The molecule has 0 saturated heterocycles. The second kappa shape index (κ2) is 3.95. The highest BCUT2D eigenvalue weighted by molar-refractivity contribution is 7.80. The van der Waals surface area contributed by atoms with Gasteiger partial charge in [0.15, 0.2) is 5.05 Å². The van der Waals surface area contributed by atoms with Gasteiger partial charge in [-0.25, -0.2) is 0 Å². The number of ether oxygens (including phenoxy) is 1. The van der Waals surface area contributed by atoms with Crippen molar-refractivity contribution >= 4 is 23.0 Å². The van der Waals surface area contributed by atoms with Crippen LogP contribution >= 0.6 is 12.2 Å². The molecule has 0 aromatic heterocycles. The Labute approximate surface area is 80.3 Å². The molecular formula is C8H7NO3S. The van der Waals surface area contributed by atoms with Gasteiger partial charge in [-0.05, 0) is 24.4 Å². The fourth-order valence-corrected chi connectivity index (χ4v) is 0.973. The summed E-state index contributed by atoms with van der Waals surface area (Å²) in [4.78, 5) is 9.83. The van der Waals surface area contributed by atoms with E-state index in [9.17, 15) is 10.1 Å². The molecule has 0 atom stereocenters. The SMILES string of the molecule is COC(=S)c1ccc([N+](=O)[O-])cc1. The molecule has 0 unspecified atom stereocenters. The van der Waals surface area contributed by atoms with Crippen LogP contribution in [-0.2, 0) is 4.74 Å². The highest BCUT2D eigenvalue weighted by Crippen LogP contribution is 2.12. The lowest BCUT2D eigenvalue weighted by Crippen LogP contribution is -1.99. The molecule has 4 nitrogen and oxygen atoms in total. The molecule has 0 heterocycles. The summed E-state index contributed by atoms with van der Waals surface area (Å²) in [6, 6.07) is 5.90. The summed E-state index contributed by atoms with van der Waals surface area (Å²) in [5, 5.41) is 10.6. The maximum Gasteiger partial charge on any atom is 0.269 e. The fraction of sp³-hybridized carbons (Fsp3) is 0.125. The second-order valence-corrected chi connectivity index (χ2v) is 2.67. The third-order valence-electron chi connectivity index (χ3n) is 1.50. The van der Waals surface area contributed by atoms with Crippen LogP contribution in [0.1, 0.15) is 5.56 Å². The van der Waals surface area contributed by atoms with Crippen molar-refractivity contribution in [1.29, 1.82) is 0 Å². The summed E-state index contributed by atoms with van der Waals surface area (Å²) >= 11 is 4.84. The molecule has 1 aromatic rings. The minimum atomic E-state index is -0.459. The Hall–Kier alpha value is -1.49. The van der Waals surface area contributed by atoms with E-state index in [1.54, 1.807) is 12.1 Å². The molecule has 0 aliphatic carbocycles. The number of methoxy groups -OCH3 is 1. The minimum absolute atomic E-state index is 0.0441. The van der Waals surface area contributed by atoms with E-state index in [1.807, 2.05) is 0 Å². The van der Waals surface area contributed by atoms with Crippen molar-refractivity contribution in [1.82, 2.24) is 0 Å². The van der Waals surface area contributed by atoms with E-state index < -0.39 is 4.92 Å². The van der Waals surface area contributed by atoms with Gasteiger partial charge >= 0.3 is 0 Å². The van der Waals surface area contributed by atoms with Gasteiger partial charge in [0.1, 0.15) is 0 Å². The van der Waals surface area contributed by atoms with Crippen molar-refractivity contribution in [3.63, 3.8) is 0 Å². The molecule has 1 aromatic carbocycles. The molecular weight excluding hydrogens is 190 g/mol. The van der Waals surface area contributed by atoms with Crippen LogP contribution in [0.25, 0.3) is 0 Å². The summed E-state index contributed by atoms with van der Waals surface area (Å²) in [5.41, 5.74) is 0.714.